The zero-order valence-electron chi connectivity index (χ0n) is 12.3. The summed E-state index contributed by atoms with van der Waals surface area (Å²) in [6, 6.07) is 6.30. The lowest BCUT2D eigenvalue weighted by Gasteiger charge is -2.38. The van der Waals surface area contributed by atoms with Crippen LogP contribution in [0.15, 0.2) is 23.1 Å². The quantitative estimate of drug-likeness (QED) is 0.865. The Morgan fingerprint density at radius 3 is 2.40 bits per heavy atom. The van der Waals surface area contributed by atoms with E-state index in [1.807, 2.05) is 24.5 Å². The summed E-state index contributed by atoms with van der Waals surface area (Å²) in [7, 11) is 0. The van der Waals surface area contributed by atoms with Gasteiger partial charge in [-0.3, -0.25) is 4.90 Å². The molecule has 0 amide bonds. The molecule has 110 valence electrons. The van der Waals surface area contributed by atoms with Crippen LogP contribution >= 0.6 is 11.8 Å². The molecule has 0 aliphatic carbocycles. The molecule has 0 saturated carbocycles. The molecular formula is C15H22N2O2S. The molecule has 0 bridgehead atoms. The number of thioether (sulfide) groups is 1. The lowest BCUT2D eigenvalue weighted by atomic mass is 10.1. The molecule has 1 aliphatic rings. The van der Waals surface area contributed by atoms with Gasteiger partial charge in [0, 0.05) is 37.1 Å². The molecule has 0 spiro atoms. The highest BCUT2D eigenvalue weighted by Crippen LogP contribution is 2.30. The molecule has 1 heterocycles. The Hall–Kier alpha value is -1.20. The number of piperazine rings is 1. The first-order valence-electron chi connectivity index (χ1n) is 6.94. The Bertz CT molecular complexity index is 483. The van der Waals surface area contributed by atoms with E-state index in [0.29, 0.717) is 11.6 Å². The topological polar surface area (TPSA) is 43.8 Å². The van der Waals surface area contributed by atoms with Crippen LogP contribution in [0.2, 0.25) is 0 Å². The van der Waals surface area contributed by atoms with E-state index < -0.39 is 5.97 Å². The predicted molar refractivity (Wildman–Crippen MR) is 84.1 cm³/mol. The third-order valence-corrected chi connectivity index (χ3v) is 4.60. The van der Waals surface area contributed by atoms with E-state index in [1.165, 1.54) is 11.8 Å². The normalized spacial score (nSPS) is 16.7. The van der Waals surface area contributed by atoms with Crippen molar-refractivity contribution in [2.24, 2.45) is 0 Å². The molecule has 1 fully saturated rings. The molecule has 1 aromatic rings. The van der Waals surface area contributed by atoms with Gasteiger partial charge in [0.2, 0.25) is 0 Å². The second-order valence-electron chi connectivity index (χ2n) is 5.28. The summed E-state index contributed by atoms with van der Waals surface area (Å²) in [6.45, 7) is 8.15. The van der Waals surface area contributed by atoms with E-state index in [0.717, 1.165) is 36.8 Å². The molecule has 0 radical (unpaired) electrons. The van der Waals surface area contributed by atoms with E-state index in [4.69, 9.17) is 0 Å². The number of aromatic carboxylic acids is 1. The van der Waals surface area contributed by atoms with Crippen molar-refractivity contribution in [1.82, 2.24) is 4.90 Å². The van der Waals surface area contributed by atoms with Crippen molar-refractivity contribution in [2.45, 2.75) is 24.8 Å². The summed E-state index contributed by atoms with van der Waals surface area (Å²) < 4.78 is 0. The van der Waals surface area contributed by atoms with Gasteiger partial charge in [0.1, 0.15) is 0 Å². The Morgan fingerprint density at radius 1 is 1.25 bits per heavy atom. The minimum atomic E-state index is -0.837. The zero-order valence-corrected chi connectivity index (χ0v) is 13.1. The van der Waals surface area contributed by atoms with Gasteiger partial charge < -0.3 is 10.0 Å². The maximum absolute atomic E-state index is 11.6. The van der Waals surface area contributed by atoms with Crippen LogP contribution in [0, 0.1) is 0 Å². The van der Waals surface area contributed by atoms with Gasteiger partial charge in [0.15, 0.2) is 0 Å². The average molecular weight is 294 g/mol. The maximum atomic E-state index is 11.6. The number of carboxylic acid groups (broad SMARTS) is 1. The van der Waals surface area contributed by atoms with Gasteiger partial charge in [0.25, 0.3) is 0 Å². The van der Waals surface area contributed by atoms with Crippen LogP contribution < -0.4 is 4.90 Å². The van der Waals surface area contributed by atoms with Gasteiger partial charge in [-0.05, 0) is 32.2 Å². The number of anilines is 1. The number of carboxylic acids is 1. The first-order chi connectivity index (χ1) is 9.54. The Morgan fingerprint density at radius 2 is 1.90 bits per heavy atom. The van der Waals surface area contributed by atoms with Crippen molar-refractivity contribution in [3.05, 3.63) is 23.8 Å². The number of hydrogen-bond donors (Lipinski definition) is 1. The van der Waals surface area contributed by atoms with Crippen LogP contribution in [0.4, 0.5) is 5.69 Å². The molecule has 20 heavy (non-hydrogen) atoms. The maximum Gasteiger partial charge on any atom is 0.338 e. The standard InChI is InChI=1S/C15H22N2O2S/c1-11(2)16-7-9-17(10-8-16)12-5-4-6-13(20-3)14(12)15(18)19/h4-6,11H,7-10H2,1-3H3,(H,18,19). The van der Waals surface area contributed by atoms with Crippen LogP contribution in [-0.2, 0) is 0 Å². The number of rotatable bonds is 4. The third-order valence-electron chi connectivity index (χ3n) is 3.82. The third kappa shape index (κ3) is 3.10. The van der Waals surface area contributed by atoms with Crippen molar-refractivity contribution in [2.75, 3.05) is 37.3 Å². The molecule has 0 unspecified atom stereocenters. The van der Waals surface area contributed by atoms with Crippen molar-refractivity contribution in [3.63, 3.8) is 0 Å². The van der Waals surface area contributed by atoms with Crippen molar-refractivity contribution < 1.29 is 9.90 Å². The monoisotopic (exact) mass is 294 g/mol. The average Bonchev–Trinajstić information content (AvgIpc) is 2.46. The second-order valence-corrected chi connectivity index (χ2v) is 6.12. The minimum Gasteiger partial charge on any atom is -0.478 e. The molecule has 1 N–H and O–H groups in total. The first-order valence-corrected chi connectivity index (χ1v) is 8.16. The van der Waals surface area contributed by atoms with Crippen LogP contribution in [0.3, 0.4) is 0 Å². The largest absolute Gasteiger partial charge is 0.478 e. The summed E-state index contributed by atoms with van der Waals surface area (Å²) in [4.78, 5) is 17.0. The smallest absolute Gasteiger partial charge is 0.338 e. The van der Waals surface area contributed by atoms with E-state index in [2.05, 4.69) is 23.6 Å². The molecule has 0 aromatic heterocycles. The number of benzene rings is 1. The summed E-state index contributed by atoms with van der Waals surface area (Å²) in [6.07, 6.45) is 1.92. The zero-order chi connectivity index (χ0) is 14.7. The van der Waals surface area contributed by atoms with E-state index in [1.54, 1.807) is 0 Å². The van der Waals surface area contributed by atoms with Gasteiger partial charge in [-0.15, -0.1) is 11.8 Å². The van der Waals surface area contributed by atoms with Crippen molar-refractivity contribution in [1.29, 1.82) is 0 Å². The molecule has 0 atom stereocenters. The highest BCUT2D eigenvalue weighted by molar-refractivity contribution is 7.98. The molecule has 5 heteroatoms. The summed E-state index contributed by atoms with van der Waals surface area (Å²) in [5.74, 6) is -0.837. The summed E-state index contributed by atoms with van der Waals surface area (Å²) >= 11 is 1.49. The molecule has 4 nitrogen and oxygen atoms in total. The van der Waals surface area contributed by atoms with Crippen LogP contribution in [0.25, 0.3) is 0 Å². The van der Waals surface area contributed by atoms with Crippen LogP contribution in [0.1, 0.15) is 24.2 Å². The van der Waals surface area contributed by atoms with E-state index >= 15 is 0 Å². The number of nitrogens with zero attached hydrogens (tertiary/aromatic N) is 2. The predicted octanol–water partition coefficient (Wildman–Crippen LogP) is 2.64. The van der Waals surface area contributed by atoms with Crippen LogP contribution in [0.5, 0.6) is 0 Å². The Labute approximate surface area is 124 Å². The van der Waals surface area contributed by atoms with E-state index in [-0.39, 0.29) is 0 Å². The lowest BCUT2D eigenvalue weighted by molar-refractivity contribution is 0.0693. The van der Waals surface area contributed by atoms with Gasteiger partial charge >= 0.3 is 5.97 Å². The minimum absolute atomic E-state index is 0.443. The van der Waals surface area contributed by atoms with Gasteiger partial charge in [-0.2, -0.15) is 0 Å². The van der Waals surface area contributed by atoms with E-state index in [9.17, 15) is 9.90 Å². The Balaban J connectivity index is 2.24. The first kappa shape index (κ1) is 15.2. The van der Waals surface area contributed by atoms with Gasteiger partial charge in [-0.25, -0.2) is 4.79 Å². The van der Waals surface area contributed by atoms with Crippen LogP contribution in [-0.4, -0.2) is 54.5 Å². The lowest BCUT2D eigenvalue weighted by Crippen LogP contribution is -2.49. The fourth-order valence-corrected chi connectivity index (χ4v) is 3.26. The fourth-order valence-electron chi connectivity index (χ4n) is 2.65. The molecule has 1 aromatic carbocycles. The summed E-state index contributed by atoms with van der Waals surface area (Å²) in [5.41, 5.74) is 1.30. The van der Waals surface area contributed by atoms with Gasteiger partial charge in [-0.1, -0.05) is 6.07 Å². The fraction of sp³-hybridized carbons (Fsp3) is 0.533. The van der Waals surface area contributed by atoms with Gasteiger partial charge in [0.05, 0.1) is 11.3 Å². The molecule has 2 rings (SSSR count). The number of carbonyl (C=O) groups is 1. The number of hydrogen-bond acceptors (Lipinski definition) is 4. The van der Waals surface area contributed by atoms with Crippen molar-refractivity contribution in [3.8, 4) is 0 Å². The molecule has 1 aliphatic heterocycles. The Kier molecular flexibility index (Phi) is 4.94. The second kappa shape index (κ2) is 6.50. The molecule has 1 saturated heterocycles. The SMILES string of the molecule is CSc1cccc(N2CCN(C(C)C)CC2)c1C(=O)O. The molecular weight excluding hydrogens is 272 g/mol. The highest BCUT2D eigenvalue weighted by Gasteiger charge is 2.24. The van der Waals surface area contributed by atoms with Crippen molar-refractivity contribution >= 4 is 23.4 Å². The highest BCUT2D eigenvalue weighted by atomic mass is 32.2. The summed E-state index contributed by atoms with van der Waals surface area (Å²) in [5, 5.41) is 9.50.